The van der Waals surface area contributed by atoms with Gasteiger partial charge >= 0.3 is 0 Å². The van der Waals surface area contributed by atoms with E-state index in [-0.39, 0.29) is 11.9 Å². The average Bonchev–Trinajstić information content (AvgIpc) is 2.60. The van der Waals surface area contributed by atoms with Gasteiger partial charge in [0.25, 0.3) is 0 Å². The Morgan fingerprint density at radius 2 is 1.75 bits per heavy atom. The van der Waals surface area contributed by atoms with E-state index in [0.29, 0.717) is 16.5 Å². The van der Waals surface area contributed by atoms with E-state index >= 15 is 0 Å². The molecule has 0 aromatic heterocycles. The van der Waals surface area contributed by atoms with Gasteiger partial charge in [0.2, 0.25) is 5.91 Å². The first-order valence-electron chi connectivity index (χ1n) is 7.49. The Labute approximate surface area is 147 Å². The molecule has 0 radical (unpaired) electrons. The van der Waals surface area contributed by atoms with E-state index in [1.165, 1.54) is 6.08 Å². The molecule has 0 spiro atoms. The molecule has 126 valence electrons. The lowest BCUT2D eigenvalue weighted by atomic mass is 10.1. The van der Waals surface area contributed by atoms with Crippen molar-refractivity contribution in [2.75, 3.05) is 14.2 Å². The van der Waals surface area contributed by atoms with Gasteiger partial charge in [-0.05, 0) is 48.4 Å². The highest BCUT2D eigenvalue weighted by Crippen LogP contribution is 2.29. The number of hydrogen-bond donors (Lipinski definition) is 1. The number of nitrogens with one attached hydrogen (secondary N) is 1. The van der Waals surface area contributed by atoms with Crippen molar-refractivity contribution in [2.24, 2.45) is 0 Å². The molecule has 2 aromatic carbocycles. The van der Waals surface area contributed by atoms with Gasteiger partial charge in [-0.15, -0.1) is 0 Å². The van der Waals surface area contributed by atoms with Crippen molar-refractivity contribution in [3.63, 3.8) is 0 Å². The highest BCUT2D eigenvalue weighted by Gasteiger charge is 2.11. The first-order chi connectivity index (χ1) is 11.5. The molecule has 0 unspecified atom stereocenters. The minimum atomic E-state index is -0.174. The maximum atomic E-state index is 12.1. The van der Waals surface area contributed by atoms with Gasteiger partial charge in [-0.1, -0.05) is 29.8 Å². The molecule has 1 N–H and O–H groups in total. The van der Waals surface area contributed by atoms with Gasteiger partial charge < -0.3 is 14.8 Å². The van der Waals surface area contributed by atoms with Crippen LogP contribution in [0.5, 0.6) is 11.5 Å². The third-order valence-corrected chi connectivity index (χ3v) is 3.82. The van der Waals surface area contributed by atoms with Gasteiger partial charge in [-0.25, -0.2) is 0 Å². The van der Waals surface area contributed by atoms with Crippen molar-refractivity contribution < 1.29 is 14.3 Å². The molecule has 24 heavy (non-hydrogen) atoms. The fraction of sp³-hybridized carbons (Fsp3) is 0.211. The van der Waals surface area contributed by atoms with Crippen LogP contribution in [0.4, 0.5) is 0 Å². The molecule has 0 aliphatic heterocycles. The summed E-state index contributed by atoms with van der Waals surface area (Å²) in [6.45, 7) is 1.91. The molecule has 0 saturated heterocycles. The SMILES string of the molecule is COc1ccc([C@H](C)NC(=O)/C=C/c2ccc(Cl)cc2)cc1OC. The quantitative estimate of drug-likeness (QED) is 0.796. The Morgan fingerprint density at radius 1 is 1.08 bits per heavy atom. The minimum absolute atomic E-state index is 0.160. The van der Waals surface area contributed by atoms with Crippen LogP contribution in [0.2, 0.25) is 5.02 Å². The molecule has 0 aliphatic rings. The summed E-state index contributed by atoms with van der Waals surface area (Å²) in [5.74, 6) is 1.11. The van der Waals surface area contributed by atoms with E-state index < -0.39 is 0 Å². The van der Waals surface area contributed by atoms with Crippen LogP contribution in [0.25, 0.3) is 6.08 Å². The van der Waals surface area contributed by atoms with E-state index in [1.807, 2.05) is 37.3 Å². The zero-order chi connectivity index (χ0) is 17.5. The third kappa shape index (κ3) is 4.77. The molecule has 2 rings (SSSR count). The number of ether oxygens (including phenoxy) is 2. The predicted molar refractivity (Wildman–Crippen MR) is 96.6 cm³/mol. The highest BCUT2D eigenvalue weighted by atomic mass is 35.5. The number of carbonyl (C=O) groups excluding carboxylic acids is 1. The lowest BCUT2D eigenvalue weighted by Gasteiger charge is -2.15. The van der Waals surface area contributed by atoms with Gasteiger partial charge in [0.1, 0.15) is 0 Å². The maximum Gasteiger partial charge on any atom is 0.244 e. The summed E-state index contributed by atoms with van der Waals surface area (Å²) in [6, 6.07) is 12.7. The van der Waals surface area contributed by atoms with Gasteiger partial charge in [0.15, 0.2) is 11.5 Å². The molecular formula is C19H20ClNO3. The second-order valence-corrected chi connectivity index (χ2v) is 5.67. The van der Waals surface area contributed by atoms with Crippen LogP contribution in [0.1, 0.15) is 24.1 Å². The van der Waals surface area contributed by atoms with Crippen LogP contribution < -0.4 is 14.8 Å². The van der Waals surface area contributed by atoms with Gasteiger partial charge in [0, 0.05) is 11.1 Å². The zero-order valence-electron chi connectivity index (χ0n) is 13.9. The molecule has 2 aromatic rings. The Balaban J connectivity index is 2.02. The summed E-state index contributed by atoms with van der Waals surface area (Å²) in [5, 5.41) is 3.58. The molecule has 0 aliphatic carbocycles. The van der Waals surface area contributed by atoms with Crippen molar-refractivity contribution >= 4 is 23.6 Å². The first kappa shape index (κ1) is 17.9. The first-order valence-corrected chi connectivity index (χ1v) is 7.87. The summed E-state index contributed by atoms with van der Waals surface area (Å²) in [4.78, 5) is 12.1. The molecule has 0 heterocycles. The topological polar surface area (TPSA) is 47.6 Å². The van der Waals surface area contributed by atoms with Crippen LogP contribution in [-0.4, -0.2) is 20.1 Å². The smallest absolute Gasteiger partial charge is 0.244 e. The summed E-state index contributed by atoms with van der Waals surface area (Å²) in [5.41, 5.74) is 1.84. The van der Waals surface area contributed by atoms with Crippen molar-refractivity contribution in [3.8, 4) is 11.5 Å². The molecular weight excluding hydrogens is 326 g/mol. The Bertz CT molecular complexity index is 726. The third-order valence-electron chi connectivity index (χ3n) is 3.56. The Hall–Kier alpha value is -2.46. The van der Waals surface area contributed by atoms with Crippen LogP contribution in [-0.2, 0) is 4.79 Å². The largest absolute Gasteiger partial charge is 0.493 e. The monoisotopic (exact) mass is 345 g/mol. The highest BCUT2D eigenvalue weighted by molar-refractivity contribution is 6.30. The van der Waals surface area contributed by atoms with Crippen LogP contribution in [0.3, 0.4) is 0 Å². The number of amides is 1. The summed E-state index contributed by atoms with van der Waals surface area (Å²) >= 11 is 5.83. The molecule has 1 atom stereocenters. The van der Waals surface area contributed by atoms with Crippen LogP contribution >= 0.6 is 11.6 Å². The summed E-state index contributed by atoms with van der Waals surface area (Å²) in [6.07, 6.45) is 3.24. The van der Waals surface area contributed by atoms with E-state index in [1.54, 1.807) is 32.4 Å². The van der Waals surface area contributed by atoms with Crippen LogP contribution in [0, 0.1) is 0 Å². The van der Waals surface area contributed by atoms with Crippen molar-refractivity contribution in [3.05, 3.63) is 64.7 Å². The van der Waals surface area contributed by atoms with E-state index in [2.05, 4.69) is 5.32 Å². The van der Waals surface area contributed by atoms with Crippen molar-refractivity contribution in [2.45, 2.75) is 13.0 Å². The number of methoxy groups -OCH3 is 2. The lowest BCUT2D eigenvalue weighted by Crippen LogP contribution is -2.24. The lowest BCUT2D eigenvalue weighted by molar-refractivity contribution is -0.117. The maximum absolute atomic E-state index is 12.1. The normalized spacial score (nSPS) is 12.0. The van der Waals surface area contributed by atoms with Gasteiger partial charge in [-0.2, -0.15) is 0 Å². The van der Waals surface area contributed by atoms with Crippen molar-refractivity contribution in [1.82, 2.24) is 5.32 Å². The Kier molecular flexibility index (Phi) is 6.27. The summed E-state index contributed by atoms with van der Waals surface area (Å²) in [7, 11) is 3.17. The van der Waals surface area contributed by atoms with E-state index in [0.717, 1.165) is 11.1 Å². The van der Waals surface area contributed by atoms with Gasteiger partial charge in [0.05, 0.1) is 20.3 Å². The number of hydrogen-bond acceptors (Lipinski definition) is 3. The molecule has 4 nitrogen and oxygen atoms in total. The second-order valence-electron chi connectivity index (χ2n) is 5.23. The minimum Gasteiger partial charge on any atom is -0.493 e. The van der Waals surface area contributed by atoms with Gasteiger partial charge in [-0.3, -0.25) is 4.79 Å². The standard InChI is InChI=1S/C19H20ClNO3/c1-13(15-7-10-17(23-2)18(12-15)24-3)21-19(22)11-6-14-4-8-16(20)9-5-14/h4-13H,1-3H3,(H,21,22)/b11-6+/t13-/m0/s1. The predicted octanol–water partition coefficient (Wildman–Crippen LogP) is 4.25. The number of halogens is 1. The number of rotatable bonds is 6. The fourth-order valence-electron chi connectivity index (χ4n) is 2.21. The number of carbonyl (C=O) groups is 1. The Morgan fingerprint density at radius 3 is 2.38 bits per heavy atom. The van der Waals surface area contributed by atoms with Crippen LogP contribution in [0.15, 0.2) is 48.5 Å². The molecule has 0 bridgehead atoms. The molecule has 1 amide bonds. The molecule has 0 saturated carbocycles. The van der Waals surface area contributed by atoms with Crippen molar-refractivity contribution in [1.29, 1.82) is 0 Å². The van der Waals surface area contributed by atoms with E-state index in [4.69, 9.17) is 21.1 Å². The average molecular weight is 346 g/mol. The van der Waals surface area contributed by atoms with E-state index in [9.17, 15) is 4.79 Å². The molecule has 5 heteroatoms. The number of benzene rings is 2. The summed E-state index contributed by atoms with van der Waals surface area (Å²) < 4.78 is 10.5. The molecule has 0 fully saturated rings. The fourth-order valence-corrected chi connectivity index (χ4v) is 2.34. The second kappa shape index (κ2) is 8.41. The zero-order valence-corrected chi connectivity index (χ0v) is 14.6.